The molecule has 0 fully saturated rings. The summed E-state index contributed by atoms with van der Waals surface area (Å²) >= 11 is 0. The summed E-state index contributed by atoms with van der Waals surface area (Å²) in [6.45, 7) is 5.76. The van der Waals surface area contributed by atoms with Gasteiger partial charge in [-0.25, -0.2) is 13.2 Å². The molecule has 0 unspecified atom stereocenters. The molecule has 3 nitrogen and oxygen atoms in total. The van der Waals surface area contributed by atoms with E-state index >= 15 is 0 Å². The number of hydrogen-bond donors (Lipinski definition) is 1. The highest BCUT2D eigenvalue weighted by Gasteiger charge is 2.23. The van der Waals surface area contributed by atoms with Crippen LogP contribution in [0.15, 0.2) is 6.07 Å². The van der Waals surface area contributed by atoms with Gasteiger partial charge in [-0.2, -0.15) is 5.26 Å². The molecule has 0 aliphatic carbocycles. The van der Waals surface area contributed by atoms with Crippen molar-refractivity contribution in [3.8, 4) is 6.07 Å². The second-order valence-electron chi connectivity index (χ2n) is 5.27. The zero-order valence-corrected chi connectivity index (χ0v) is 10.8. The fraction of sp³-hybridized carbons (Fsp3) is 0.385. The lowest BCUT2D eigenvalue weighted by molar-refractivity contribution is 0.0934. The van der Waals surface area contributed by atoms with E-state index in [9.17, 15) is 18.0 Å². The van der Waals surface area contributed by atoms with Gasteiger partial charge in [-0.05, 0) is 11.5 Å². The van der Waals surface area contributed by atoms with Gasteiger partial charge < -0.3 is 5.32 Å². The minimum absolute atomic E-state index is 0.228. The Labute approximate surface area is 109 Å². The second kappa shape index (κ2) is 5.31. The van der Waals surface area contributed by atoms with Crippen LogP contribution in [0.25, 0.3) is 0 Å². The van der Waals surface area contributed by atoms with Crippen molar-refractivity contribution in [3.05, 3.63) is 34.6 Å². The van der Waals surface area contributed by atoms with Crippen LogP contribution in [-0.2, 0) is 0 Å². The third kappa shape index (κ3) is 3.47. The quantitative estimate of drug-likeness (QED) is 0.840. The van der Waals surface area contributed by atoms with Gasteiger partial charge in [0.05, 0.1) is 11.1 Å². The van der Waals surface area contributed by atoms with Gasteiger partial charge in [-0.3, -0.25) is 4.79 Å². The van der Waals surface area contributed by atoms with E-state index in [-0.39, 0.29) is 12.0 Å². The number of rotatable bonds is 2. The summed E-state index contributed by atoms with van der Waals surface area (Å²) in [7, 11) is 0. The maximum atomic E-state index is 13.5. The summed E-state index contributed by atoms with van der Waals surface area (Å²) < 4.78 is 39.8. The van der Waals surface area contributed by atoms with Crippen LogP contribution in [0.5, 0.6) is 0 Å². The second-order valence-corrected chi connectivity index (χ2v) is 5.27. The predicted octanol–water partition coefficient (Wildman–Crippen LogP) is 2.75. The first-order valence-corrected chi connectivity index (χ1v) is 5.53. The number of nitriles is 1. The van der Waals surface area contributed by atoms with Crippen LogP contribution in [0.2, 0.25) is 0 Å². The number of halogens is 3. The largest absolute Gasteiger partial charge is 0.351 e. The normalized spacial score (nSPS) is 11.0. The van der Waals surface area contributed by atoms with Crippen molar-refractivity contribution >= 4 is 5.91 Å². The van der Waals surface area contributed by atoms with E-state index in [2.05, 4.69) is 5.32 Å². The number of nitrogens with zero attached hydrogens (tertiary/aromatic N) is 1. The molecule has 1 rings (SSSR count). The van der Waals surface area contributed by atoms with Gasteiger partial charge in [0.1, 0.15) is 6.07 Å². The van der Waals surface area contributed by atoms with Gasteiger partial charge in [0.15, 0.2) is 17.5 Å². The van der Waals surface area contributed by atoms with Gasteiger partial charge in [-0.1, -0.05) is 20.8 Å². The summed E-state index contributed by atoms with van der Waals surface area (Å²) in [6.07, 6.45) is 0. The standard InChI is InChI=1S/C13H13F3N2O/c1-13(2,3)6-18-12(19)8-4-7(5-17)9(14)11(16)10(8)15/h4H,6H2,1-3H3,(H,18,19). The summed E-state index contributed by atoms with van der Waals surface area (Å²) in [4.78, 5) is 11.7. The molecule has 0 atom stereocenters. The van der Waals surface area contributed by atoms with E-state index in [1.807, 2.05) is 20.8 Å². The lowest BCUT2D eigenvalue weighted by Gasteiger charge is -2.18. The molecule has 0 aromatic heterocycles. The van der Waals surface area contributed by atoms with Crippen LogP contribution in [0.3, 0.4) is 0 Å². The molecule has 0 aliphatic heterocycles. The van der Waals surface area contributed by atoms with Gasteiger partial charge >= 0.3 is 0 Å². The molecule has 0 spiro atoms. The van der Waals surface area contributed by atoms with Crippen molar-refractivity contribution in [3.63, 3.8) is 0 Å². The molecule has 1 aromatic carbocycles. The fourth-order valence-electron chi connectivity index (χ4n) is 1.29. The molecule has 0 bridgehead atoms. The molecule has 1 amide bonds. The number of hydrogen-bond acceptors (Lipinski definition) is 2. The van der Waals surface area contributed by atoms with Crippen molar-refractivity contribution in [2.24, 2.45) is 5.41 Å². The minimum Gasteiger partial charge on any atom is -0.351 e. The Morgan fingerprint density at radius 1 is 1.26 bits per heavy atom. The van der Waals surface area contributed by atoms with Crippen LogP contribution < -0.4 is 5.32 Å². The number of carbonyl (C=O) groups excluding carboxylic acids is 1. The van der Waals surface area contributed by atoms with Crippen molar-refractivity contribution < 1.29 is 18.0 Å². The highest BCUT2D eigenvalue weighted by molar-refractivity contribution is 5.94. The van der Waals surface area contributed by atoms with Gasteiger partial charge in [0.2, 0.25) is 0 Å². The third-order valence-electron chi connectivity index (χ3n) is 2.29. The highest BCUT2D eigenvalue weighted by atomic mass is 19.2. The minimum atomic E-state index is -1.82. The molecule has 0 saturated carbocycles. The Morgan fingerprint density at radius 3 is 2.32 bits per heavy atom. The third-order valence-corrected chi connectivity index (χ3v) is 2.29. The average molecular weight is 270 g/mol. The van der Waals surface area contributed by atoms with Crippen molar-refractivity contribution in [1.82, 2.24) is 5.32 Å². The summed E-state index contributed by atoms with van der Waals surface area (Å²) in [5.41, 5.74) is -1.64. The topological polar surface area (TPSA) is 52.9 Å². The Kier molecular flexibility index (Phi) is 4.20. The van der Waals surface area contributed by atoms with E-state index < -0.39 is 34.5 Å². The molecule has 0 radical (unpaired) electrons. The van der Waals surface area contributed by atoms with E-state index in [1.54, 1.807) is 0 Å². The smallest absolute Gasteiger partial charge is 0.254 e. The molecule has 0 heterocycles. The van der Waals surface area contributed by atoms with Crippen molar-refractivity contribution in [2.45, 2.75) is 20.8 Å². The number of nitrogens with one attached hydrogen (secondary N) is 1. The Morgan fingerprint density at radius 2 is 1.84 bits per heavy atom. The van der Waals surface area contributed by atoms with Crippen LogP contribution in [0.1, 0.15) is 36.7 Å². The average Bonchev–Trinajstić information content (AvgIpc) is 2.33. The monoisotopic (exact) mass is 270 g/mol. The zero-order chi connectivity index (χ0) is 14.8. The first-order chi connectivity index (χ1) is 8.67. The Balaban J connectivity index is 3.11. The molecule has 0 aliphatic rings. The molecule has 102 valence electrons. The Bertz CT molecular complexity index is 556. The first-order valence-electron chi connectivity index (χ1n) is 5.53. The molecular weight excluding hydrogens is 257 g/mol. The summed E-state index contributed by atoms with van der Waals surface area (Å²) in [5, 5.41) is 11.0. The Hall–Kier alpha value is -2.03. The summed E-state index contributed by atoms with van der Waals surface area (Å²) in [5.74, 6) is -5.89. The van der Waals surface area contributed by atoms with Gasteiger partial charge in [0.25, 0.3) is 5.91 Å². The van der Waals surface area contributed by atoms with E-state index in [4.69, 9.17) is 5.26 Å². The van der Waals surface area contributed by atoms with E-state index in [0.717, 1.165) is 0 Å². The fourth-order valence-corrected chi connectivity index (χ4v) is 1.29. The predicted molar refractivity (Wildman–Crippen MR) is 62.8 cm³/mol. The lowest BCUT2D eigenvalue weighted by Crippen LogP contribution is -2.33. The maximum absolute atomic E-state index is 13.5. The molecular formula is C13H13F3N2O. The summed E-state index contributed by atoms with van der Waals surface area (Å²) in [6, 6.07) is 2.07. The molecule has 19 heavy (non-hydrogen) atoms. The van der Waals surface area contributed by atoms with Gasteiger partial charge in [0, 0.05) is 6.54 Å². The van der Waals surface area contributed by atoms with Crippen LogP contribution >= 0.6 is 0 Å². The SMILES string of the molecule is CC(C)(C)CNC(=O)c1cc(C#N)c(F)c(F)c1F. The van der Waals surface area contributed by atoms with Gasteiger partial charge in [-0.15, -0.1) is 0 Å². The van der Waals surface area contributed by atoms with E-state index in [1.165, 1.54) is 6.07 Å². The lowest BCUT2D eigenvalue weighted by atomic mass is 9.97. The van der Waals surface area contributed by atoms with Crippen LogP contribution in [0.4, 0.5) is 13.2 Å². The number of amides is 1. The van der Waals surface area contributed by atoms with Crippen molar-refractivity contribution in [1.29, 1.82) is 5.26 Å². The number of carbonyl (C=O) groups is 1. The molecule has 0 saturated heterocycles. The first kappa shape index (κ1) is 15.0. The van der Waals surface area contributed by atoms with E-state index in [0.29, 0.717) is 6.07 Å². The zero-order valence-electron chi connectivity index (χ0n) is 10.8. The molecule has 1 N–H and O–H groups in total. The van der Waals surface area contributed by atoms with Crippen LogP contribution in [0, 0.1) is 34.2 Å². The maximum Gasteiger partial charge on any atom is 0.254 e. The van der Waals surface area contributed by atoms with Crippen molar-refractivity contribution in [2.75, 3.05) is 6.54 Å². The van der Waals surface area contributed by atoms with Crippen LogP contribution in [-0.4, -0.2) is 12.5 Å². The number of benzene rings is 1. The molecule has 1 aromatic rings. The highest BCUT2D eigenvalue weighted by Crippen LogP contribution is 2.19. The molecule has 6 heteroatoms.